The second-order valence-corrected chi connectivity index (χ2v) is 5.85. The van der Waals surface area contributed by atoms with Crippen LogP contribution in [0, 0.1) is 5.92 Å². The number of benzene rings is 2. The largest absolute Gasteiger partial charge is 0.497 e. The highest BCUT2D eigenvalue weighted by Crippen LogP contribution is 2.31. The summed E-state index contributed by atoms with van der Waals surface area (Å²) >= 11 is 0. The molecule has 120 valence electrons. The molecule has 3 rings (SSSR count). The molecule has 1 aliphatic heterocycles. The predicted octanol–water partition coefficient (Wildman–Crippen LogP) is 3.17. The standard InChI is InChI=1S/C19H21NO3/c1-23-17-10-8-16(9-11-17)20-13-15(19(20)22)7-12-18(21)14-5-3-2-4-6-14/h2-6,8-11,15,18,21H,7,12-13H2,1H3/t15-,18+/m1/s1. The van der Waals surface area contributed by atoms with E-state index in [1.807, 2.05) is 54.6 Å². The number of carbonyl (C=O) groups excluding carboxylic acids is 1. The lowest BCUT2D eigenvalue weighted by Crippen LogP contribution is -2.52. The van der Waals surface area contributed by atoms with Crippen LogP contribution in [0.25, 0.3) is 0 Å². The maximum atomic E-state index is 12.3. The van der Waals surface area contributed by atoms with Crippen LogP contribution >= 0.6 is 0 Å². The average molecular weight is 311 g/mol. The molecule has 2 atom stereocenters. The van der Waals surface area contributed by atoms with Crippen molar-refractivity contribution in [3.05, 3.63) is 60.2 Å². The highest BCUT2D eigenvalue weighted by atomic mass is 16.5. The molecule has 0 saturated carbocycles. The van der Waals surface area contributed by atoms with Gasteiger partial charge in [0, 0.05) is 12.2 Å². The zero-order valence-corrected chi connectivity index (χ0v) is 13.2. The van der Waals surface area contributed by atoms with E-state index in [0.717, 1.165) is 17.0 Å². The molecule has 0 unspecified atom stereocenters. The molecule has 0 aromatic heterocycles. The molecular weight excluding hydrogens is 290 g/mol. The molecule has 0 bridgehead atoms. The van der Waals surface area contributed by atoms with E-state index in [9.17, 15) is 9.90 Å². The molecular formula is C19H21NO3. The van der Waals surface area contributed by atoms with Gasteiger partial charge < -0.3 is 14.7 Å². The van der Waals surface area contributed by atoms with Crippen LogP contribution in [0.1, 0.15) is 24.5 Å². The van der Waals surface area contributed by atoms with Gasteiger partial charge in [-0.2, -0.15) is 0 Å². The third-order valence-electron chi connectivity index (χ3n) is 4.38. The molecule has 2 aromatic rings. The van der Waals surface area contributed by atoms with Crippen molar-refractivity contribution in [2.45, 2.75) is 18.9 Å². The Kier molecular flexibility index (Phi) is 4.63. The van der Waals surface area contributed by atoms with Crippen molar-refractivity contribution >= 4 is 11.6 Å². The van der Waals surface area contributed by atoms with Crippen molar-refractivity contribution in [1.29, 1.82) is 0 Å². The van der Waals surface area contributed by atoms with Gasteiger partial charge in [-0.15, -0.1) is 0 Å². The zero-order valence-electron chi connectivity index (χ0n) is 13.2. The van der Waals surface area contributed by atoms with Crippen molar-refractivity contribution < 1.29 is 14.6 Å². The smallest absolute Gasteiger partial charge is 0.231 e. The van der Waals surface area contributed by atoms with E-state index in [-0.39, 0.29) is 11.8 Å². The lowest BCUT2D eigenvalue weighted by Gasteiger charge is -2.39. The molecule has 0 spiro atoms. The van der Waals surface area contributed by atoms with Gasteiger partial charge >= 0.3 is 0 Å². The molecule has 1 saturated heterocycles. The van der Waals surface area contributed by atoms with E-state index in [1.165, 1.54) is 0 Å². The van der Waals surface area contributed by atoms with E-state index in [1.54, 1.807) is 12.0 Å². The van der Waals surface area contributed by atoms with E-state index in [4.69, 9.17) is 4.74 Å². The predicted molar refractivity (Wildman–Crippen MR) is 89.5 cm³/mol. The van der Waals surface area contributed by atoms with Crippen LogP contribution in [0.5, 0.6) is 5.75 Å². The van der Waals surface area contributed by atoms with Gasteiger partial charge in [0.15, 0.2) is 0 Å². The summed E-state index contributed by atoms with van der Waals surface area (Å²) < 4.78 is 5.12. The fourth-order valence-electron chi connectivity index (χ4n) is 2.91. The molecule has 1 fully saturated rings. The number of aliphatic hydroxyl groups excluding tert-OH is 1. The van der Waals surface area contributed by atoms with Crippen LogP contribution < -0.4 is 9.64 Å². The van der Waals surface area contributed by atoms with Crippen LogP contribution in [-0.4, -0.2) is 24.7 Å². The molecule has 4 heteroatoms. The fraction of sp³-hybridized carbons (Fsp3) is 0.316. The van der Waals surface area contributed by atoms with Gasteiger partial charge in [-0.1, -0.05) is 30.3 Å². The van der Waals surface area contributed by atoms with Gasteiger partial charge in [-0.05, 0) is 42.7 Å². The number of β-lactam (4-membered cyclic amide) rings is 1. The van der Waals surface area contributed by atoms with Crippen molar-refractivity contribution in [2.24, 2.45) is 5.92 Å². The number of ether oxygens (including phenoxy) is 1. The topological polar surface area (TPSA) is 49.8 Å². The van der Waals surface area contributed by atoms with Gasteiger partial charge in [0.1, 0.15) is 5.75 Å². The Labute approximate surface area is 136 Å². The van der Waals surface area contributed by atoms with E-state index >= 15 is 0 Å². The summed E-state index contributed by atoms with van der Waals surface area (Å²) in [6.45, 7) is 0.715. The van der Waals surface area contributed by atoms with E-state index < -0.39 is 6.10 Å². The minimum Gasteiger partial charge on any atom is -0.497 e. The zero-order chi connectivity index (χ0) is 16.2. The van der Waals surface area contributed by atoms with Gasteiger partial charge in [0.2, 0.25) is 5.91 Å². The molecule has 23 heavy (non-hydrogen) atoms. The molecule has 1 heterocycles. The minimum atomic E-state index is -0.501. The first-order valence-electron chi connectivity index (χ1n) is 7.87. The van der Waals surface area contributed by atoms with Crippen LogP contribution in [0.4, 0.5) is 5.69 Å². The molecule has 2 aromatic carbocycles. The molecule has 1 aliphatic rings. The summed E-state index contributed by atoms with van der Waals surface area (Å²) in [6, 6.07) is 17.1. The number of hydrogen-bond donors (Lipinski definition) is 1. The first-order chi connectivity index (χ1) is 11.2. The third-order valence-corrected chi connectivity index (χ3v) is 4.38. The Hall–Kier alpha value is -2.33. The summed E-state index contributed by atoms with van der Waals surface area (Å²) in [5.74, 6) is 0.926. The maximum Gasteiger partial charge on any atom is 0.231 e. The van der Waals surface area contributed by atoms with Gasteiger partial charge in [-0.3, -0.25) is 4.79 Å². The summed E-state index contributed by atoms with van der Waals surface area (Å²) in [4.78, 5) is 14.1. The second-order valence-electron chi connectivity index (χ2n) is 5.85. The third kappa shape index (κ3) is 3.37. The first kappa shape index (κ1) is 15.6. The van der Waals surface area contributed by atoms with Gasteiger partial charge in [-0.25, -0.2) is 0 Å². The summed E-state index contributed by atoms with van der Waals surface area (Å²) in [5.41, 5.74) is 1.81. The Balaban J connectivity index is 1.51. The van der Waals surface area contributed by atoms with Crippen LogP contribution in [0.3, 0.4) is 0 Å². The normalized spacial score (nSPS) is 18.4. The van der Waals surface area contributed by atoms with Crippen molar-refractivity contribution in [3.63, 3.8) is 0 Å². The number of methoxy groups -OCH3 is 1. The van der Waals surface area contributed by atoms with E-state index in [0.29, 0.717) is 19.4 Å². The quantitative estimate of drug-likeness (QED) is 0.834. The summed E-state index contributed by atoms with van der Waals surface area (Å²) in [5, 5.41) is 10.2. The van der Waals surface area contributed by atoms with Crippen LogP contribution in [-0.2, 0) is 4.79 Å². The number of rotatable bonds is 6. The minimum absolute atomic E-state index is 0.00969. The van der Waals surface area contributed by atoms with Crippen LogP contribution in [0.15, 0.2) is 54.6 Å². The van der Waals surface area contributed by atoms with Crippen molar-refractivity contribution in [1.82, 2.24) is 0 Å². The maximum absolute atomic E-state index is 12.3. The lowest BCUT2D eigenvalue weighted by atomic mass is 9.90. The first-order valence-corrected chi connectivity index (χ1v) is 7.87. The highest BCUT2D eigenvalue weighted by Gasteiger charge is 2.37. The molecule has 1 amide bonds. The number of nitrogens with zero attached hydrogens (tertiary/aromatic N) is 1. The summed E-state index contributed by atoms with van der Waals surface area (Å²) in [7, 11) is 1.62. The Morgan fingerprint density at radius 3 is 2.48 bits per heavy atom. The summed E-state index contributed by atoms with van der Waals surface area (Å²) in [6.07, 6.45) is 0.817. The molecule has 0 radical (unpaired) electrons. The molecule has 0 aliphatic carbocycles. The SMILES string of the molecule is COc1ccc(N2C[C@@H](CC[C@H](O)c3ccccc3)C2=O)cc1. The Morgan fingerprint density at radius 1 is 1.17 bits per heavy atom. The van der Waals surface area contributed by atoms with Gasteiger partial charge in [0.25, 0.3) is 0 Å². The van der Waals surface area contributed by atoms with Crippen molar-refractivity contribution in [2.75, 3.05) is 18.6 Å². The number of hydrogen-bond acceptors (Lipinski definition) is 3. The Morgan fingerprint density at radius 2 is 1.87 bits per heavy atom. The number of anilines is 1. The number of aliphatic hydroxyl groups is 1. The van der Waals surface area contributed by atoms with Crippen molar-refractivity contribution in [3.8, 4) is 5.75 Å². The highest BCUT2D eigenvalue weighted by molar-refractivity contribution is 6.01. The lowest BCUT2D eigenvalue weighted by molar-refractivity contribution is -0.127. The molecule has 1 N–H and O–H groups in total. The van der Waals surface area contributed by atoms with E-state index in [2.05, 4.69) is 0 Å². The van der Waals surface area contributed by atoms with Crippen LogP contribution in [0.2, 0.25) is 0 Å². The molecule has 4 nitrogen and oxygen atoms in total. The number of amides is 1. The average Bonchev–Trinajstić information content (AvgIpc) is 2.61. The number of carbonyl (C=O) groups is 1. The Bertz CT molecular complexity index is 654. The second kappa shape index (κ2) is 6.84. The fourth-order valence-corrected chi connectivity index (χ4v) is 2.91. The van der Waals surface area contributed by atoms with Gasteiger partial charge in [0.05, 0.1) is 19.1 Å². The monoisotopic (exact) mass is 311 g/mol.